The van der Waals surface area contributed by atoms with Crippen molar-refractivity contribution >= 4 is 6.29 Å². The Labute approximate surface area is 148 Å². The Bertz CT molecular complexity index is 819. The molecule has 0 aliphatic heterocycles. The van der Waals surface area contributed by atoms with Gasteiger partial charge >= 0.3 is 0 Å². The largest absolute Gasteiger partial charge is 0.508 e. The molecule has 0 bridgehead atoms. The third-order valence-corrected chi connectivity index (χ3v) is 4.58. The number of carbonyl (C=O) groups is 1. The van der Waals surface area contributed by atoms with Gasteiger partial charge in [-0.05, 0) is 81.0 Å². The van der Waals surface area contributed by atoms with Crippen molar-refractivity contribution in [2.45, 2.75) is 40.0 Å². The molecule has 0 aliphatic rings. The Morgan fingerprint density at radius 3 is 2.48 bits per heavy atom. The number of phenolic OH excluding ortho intramolecular Hbond substituents is 3. The van der Waals surface area contributed by atoms with Crippen LogP contribution in [0.25, 0.3) is 0 Å². The van der Waals surface area contributed by atoms with Gasteiger partial charge in [-0.25, -0.2) is 0 Å². The summed E-state index contributed by atoms with van der Waals surface area (Å²) in [5.41, 5.74) is 5.06. The molecular weight excluding hydrogens is 316 g/mol. The lowest BCUT2D eigenvalue weighted by atomic mass is 9.92. The molecule has 2 aromatic carbocycles. The van der Waals surface area contributed by atoms with Gasteiger partial charge in [-0.2, -0.15) is 0 Å². The van der Waals surface area contributed by atoms with Crippen molar-refractivity contribution in [2.24, 2.45) is 0 Å². The lowest BCUT2D eigenvalue weighted by molar-refractivity contribution is 0.112. The lowest BCUT2D eigenvalue weighted by Crippen LogP contribution is -2.00. The molecule has 0 saturated carbocycles. The Balaban J connectivity index is 2.11. The smallest absolute Gasteiger partial charge is 0.154 e. The van der Waals surface area contributed by atoms with E-state index in [2.05, 4.69) is 0 Å². The van der Waals surface area contributed by atoms with Crippen LogP contribution in [0, 0.1) is 13.8 Å². The summed E-state index contributed by atoms with van der Waals surface area (Å²) in [5, 5.41) is 29.2. The summed E-state index contributed by atoms with van der Waals surface area (Å²) in [6, 6.07) is 6.13. The zero-order valence-electron chi connectivity index (χ0n) is 14.8. The van der Waals surface area contributed by atoms with Crippen LogP contribution in [-0.2, 0) is 12.8 Å². The first kappa shape index (κ1) is 18.6. The van der Waals surface area contributed by atoms with Crippen molar-refractivity contribution in [1.29, 1.82) is 0 Å². The van der Waals surface area contributed by atoms with Crippen LogP contribution in [0.3, 0.4) is 0 Å². The third kappa shape index (κ3) is 4.41. The fourth-order valence-electron chi connectivity index (χ4n) is 3.00. The number of aldehydes is 1. The summed E-state index contributed by atoms with van der Waals surface area (Å²) < 4.78 is 0. The molecule has 0 saturated heterocycles. The Kier molecular flexibility index (Phi) is 5.86. The topological polar surface area (TPSA) is 77.8 Å². The van der Waals surface area contributed by atoms with Crippen LogP contribution in [-0.4, -0.2) is 21.6 Å². The fraction of sp³-hybridized carbons (Fsp3) is 0.286. The van der Waals surface area contributed by atoms with E-state index >= 15 is 0 Å². The number of allylic oxidation sites excluding steroid dienone is 2. The first-order chi connectivity index (χ1) is 11.8. The summed E-state index contributed by atoms with van der Waals surface area (Å²) in [7, 11) is 0. The Hall–Kier alpha value is -2.75. The normalized spacial score (nSPS) is 11.6. The van der Waals surface area contributed by atoms with Crippen LogP contribution >= 0.6 is 0 Å². The van der Waals surface area contributed by atoms with Gasteiger partial charge in [-0.15, -0.1) is 0 Å². The van der Waals surface area contributed by atoms with Gasteiger partial charge in [0.1, 0.15) is 17.2 Å². The van der Waals surface area contributed by atoms with Crippen molar-refractivity contribution in [3.8, 4) is 17.2 Å². The average molecular weight is 340 g/mol. The molecule has 0 unspecified atom stereocenters. The molecule has 0 amide bonds. The summed E-state index contributed by atoms with van der Waals surface area (Å²) in [5.74, 6) is 0.332. The SMILES string of the molecule is CC(=CCc1cc(O)ccc1O)CCc1c(C)cc(O)c(C=O)c1C. The molecule has 0 heterocycles. The molecule has 132 valence electrons. The molecule has 0 fully saturated rings. The molecular formula is C21H24O4. The molecule has 0 radical (unpaired) electrons. The maximum absolute atomic E-state index is 11.2. The van der Waals surface area contributed by atoms with Gasteiger partial charge in [0.15, 0.2) is 6.29 Å². The van der Waals surface area contributed by atoms with Crippen LogP contribution in [0.15, 0.2) is 35.9 Å². The van der Waals surface area contributed by atoms with Crippen molar-refractivity contribution in [3.63, 3.8) is 0 Å². The fourth-order valence-corrected chi connectivity index (χ4v) is 3.00. The zero-order chi connectivity index (χ0) is 18.6. The Morgan fingerprint density at radius 2 is 1.80 bits per heavy atom. The third-order valence-electron chi connectivity index (χ3n) is 4.58. The van der Waals surface area contributed by atoms with Crippen LogP contribution in [0.1, 0.15) is 46.0 Å². The molecule has 3 N–H and O–H groups in total. The first-order valence-corrected chi connectivity index (χ1v) is 8.27. The molecule has 0 aliphatic carbocycles. The van der Waals surface area contributed by atoms with E-state index in [1.54, 1.807) is 12.1 Å². The van der Waals surface area contributed by atoms with Crippen LogP contribution < -0.4 is 0 Å². The van der Waals surface area contributed by atoms with E-state index in [-0.39, 0.29) is 17.2 Å². The summed E-state index contributed by atoms with van der Waals surface area (Å²) in [6.45, 7) is 5.81. The second-order valence-corrected chi connectivity index (χ2v) is 6.42. The molecule has 25 heavy (non-hydrogen) atoms. The number of rotatable bonds is 6. The summed E-state index contributed by atoms with van der Waals surface area (Å²) in [6.07, 6.45) is 4.85. The Morgan fingerprint density at radius 1 is 1.08 bits per heavy atom. The number of carbonyl (C=O) groups excluding carboxylic acids is 1. The van der Waals surface area contributed by atoms with Gasteiger partial charge in [0.05, 0.1) is 5.56 Å². The molecule has 2 rings (SSSR count). The molecule has 0 spiro atoms. The van der Waals surface area contributed by atoms with Gasteiger partial charge in [-0.3, -0.25) is 4.79 Å². The molecule has 4 nitrogen and oxygen atoms in total. The lowest BCUT2D eigenvalue weighted by Gasteiger charge is -2.13. The highest BCUT2D eigenvalue weighted by Crippen LogP contribution is 2.28. The van der Waals surface area contributed by atoms with Crippen molar-refractivity contribution in [2.75, 3.05) is 0 Å². The molecule has 2 aromatic rings. The minimum absolute atomic E-state index is 0.0281. The predicted molar refractivity (Wildman–Crippen MR) is 98.5 cm³/mol. The van der Waals surface area contributed by atoms with E-state index in [0.29, 0.717) is 23.8 Å². The van der Waals surface area contributed by atoms with E-state index in [1.165, 1.54) is 12.1 Å². The number of aromatic hydroxyl groups is 3. The van der Waals surface area contributed by atoms with E-state index in [9.17, 15) is 20.1 Å². The number of hydrogen-bond donors (Lipinski definition) is 3. The van der Waals surface area contributed by atoms with Crippen molar-refractivity contribution in [3.05, 3.63) is 63.7 Å². The standard InChI is InChI=1S/C21H24O4/c1-13(4-6-16-11-17(23)7-9-20(16)24)5-8-18-14(2)10-21(25)19(12-22)15(18)3/h4,7,9-12,23-25H,5-6,8H2,1-3H3. The second-order valence-electron chi connectivity index (χ2n) is 6.42. The molecule has 0 aromatic heterocycles. The quantitative estimate of drug-likeness (QED) is 0.415. The van der Waals surface area contributed by atoms with E-state index < -0.39 is 0 Å². The minimum atomic E-state index is 0.0281. The maximum Gasteiger partial charge on any atom is 0.154 e. The second kappa shape index (κ2) is 7.88. The minimum Gasteiger partial charge on any atom is -0.508 e. The molecule has 0 atom stereocenters. The van der Waals surface area contributed by atoms with Crippen LogP contribution in [0.2, 0.25) is 0 Å². The van der Waals surface area contributed by atoms with E-state index in [1.807, 2.05) is 26.8 Å². The predicted octanol–water partition coefficient (Wildman–Crippen LogP) is 4.35. The van der Waals surface area contributed by atoms with Gasteiger partial charge in [0.2, 0.25) is 0 Å². The van der Waals surface area contributed by atoms with E-state index in [0.717, 1.165) is 35.1 Å². The monoisotopic (exact) mass is 340 g/mol. The van der Waals surface area contributed by atoms with Gasteiger partial charge < -0.3 is 15.3 Å². The zero-order valence-corrected chi connectivity index (χ0v) is 14.8. The first-order valence-electron chi connectivity index (χ1n) is 8.27. The number of hydrogen-bond acceptors (Lipinski definition) is 4. The van der Waals surface area contributed by atoms with Crippen molar-refractivity contribution in [1.82, 2.24) is 0 Å². The van der Waals surface area contributed by atoms with Crippen LogP contribution in [0.4, 0.5) is 0 Å². The van der Waals surface area contributed by atoms with Gasteiger partial charge in [0.25, 0.3) is 0 Å². The highest BCUT2D eigenvalue weighted by atomic mass is 16.3. The highest BCUT2D eigenvalue weighted by Gasteiger charge is 2.12. The number of phenols is 3. The van der Waals surface area contributed by atoms with Crippen LogP contribution in [0.5, 0.6) is 17.2 Å². The maximum atomic E-state index is 11.2. The summed E-state index contributed by atoms with van der Waals surface area (Å²) >= 11 is 0. The van der Waals surface area contributed by atoms with Gasteiger partial charge in [0, 0.05) is 5.56 Å². The molecule has 4 heteroatoms. The highest BCUT2D eigenvalue weighted by molar-refractivity contribution is 5.82. The average Bonchev–Trinajstić information content (AvgIpc) is 2.55. The number of benzene rings is 2. The number of aryl methyl sites for hydroxylation is 1. The van der Waals surface area contributed by atoms with Crippen molar-refractivity contribution < 1.29 is 20.1 Å². The van der Waals surface area contributed by atoms with Gasteiger partial charge in [-0.1, -0.05) is 11.6 Å². The van der Waals surface area contributed by atoms with E-state index in [4.69, 9.17) is 0 Å². The summed E-state index contributed by atoms with van der Waals surface area (Å²) in [4.78, 5) is 11.2.